The Morgan fingerprint density at radius 3 is 1.55 bits per heavy atom. The van der Waals surface area contributed by atoms with Crippen molar-refractivity contribution in [2.24, 2.45) is 0 Å². The molecule has 0 atom stereocenters. The summed E-state index contributed by atoms with van der Waals surface area (Å²) in [5.74, 6) is -0.276. The highest BCUT2D eigenvalue weighted by molar-refractivity contribution is 6.99. The molecule has 2 aromatic rings. The van der Waals surface area contributed by atoms with Gasteiger partial charge in [-0.15, -0.1) is 0 Å². The van der Waals surface area contributed by atoms with Crippen LogP contribution in [0.1, 0.15) is 21.0 Å². The normalized spacial score (nSPS) is 15.4. The second kappa shape index (κ2) is 5.59. The van der Waals surface area contributed by atoms with Crippen molar-refractivity contribution in [1.82, 2.24) is 27.3 Å². The Balaban J connectivity index is 1.60. The summed E-state index contributed by atoms with van der Waals surface area (Å²) in [6, 6.07) is 0. The molecule has 20 heavy (non-hydrogen) atoms. The lowest BCUT2D eigenvalue weighted by Crippen LogP contribution is -2.50. The van der Waals surface area contributed by atoms with E-state index in [-0.39, 0.29) is 11.8 Å². The lowest BCUT2D eigenvalue weighted by Gasteiger charge is -2.33. The molecule has 10 heteroatoms. The Labute approximate surface area is 122 Å². The van der Waals surface area contributed by atoms with E-state index in [0.29, 0.717) is 37.6 Å². The van der Waals surface area contributed by atoms with Crippen LogP contribution in [0.15, 0.2) is 12.4 Å². The molecule has 2 aromatic heterocycles. The van der Waals surface area contributed by atoms with Gasteiger partial charge in [-0.05, 0) is 0 Å². The molecule has 0 aromatic carbocycles. The van der Waals surface area contributed by atoms with E-state index >= 15 is 0 Å². The first kappa shape index (κ1) is 13.1. The Hall–Kier alpha value is -1.94. The highest BCUT2D eigenvalue weighted by Crippen LogP contribution is 2.10. The van der Waals surface area contributed by atoms with Crippen LogP contribution in [0.5, 0.6) is 0 Å². The summed E-state index contributed by atoms with van der Waals surface area (Å²) < 4.78 is 15.5. The molecular formula is C10H10N6O2S2. The number of amides is 2. The molecule has 1 fully saturated rings. The second-order valence-corrected chi connectivity index (χ2v) is 5.28. The molecule has 0 saturated carbocycles. The van der Waals surface area contributed by atoms with E-state index in [9.17, 15) is 9.59 Å². The van der Waals surface area contributed by atoms with Gasteiger partial charge in [0, 0.05) is 26.2 Å². The summed E-state index contributed by atoms with van der Waals surface area (Å²) in [6.07, 6.45) is 2.93. The third-order valence-corrected chi connectivity index (χ3v) is 3.97. The molecule has 0 aliphatic carbocycles. The summed E-state index contributed by atoms with van der Waals surface area (Å²) >= 11 is 2.02. The molecule has 3 heterocycles. The summed E-state index contributed by atoms with van der Waals surface area (Å²) in [7, 11) is 0. The highest BCUT2D eigenvalue weighted by atomic mass is 32.1. The van der Waals surface area contributed by atoms with Crippen LogP contribution >= 0.6 is 23.5 Å². The van der Waals surface area contributed by atoms with Gasteiger partial charge in [0.15, 0.2) is 11.4 Å². The highest BCUT2D eigenvalue weighted by Gasteiger charge is 2.27. The van der Waals surface area contributed by atoms with Gasteiger partial charge in [0.05, 0.1) is 35.9 Å². The topological polar surface area (TPSA) is 92.2 Å². The summed E-state index contributed by atoms with van der Waals surface area (Å²) in [5.41, 5.74) is 0.719. The molecule has 0 unspecified atom stereocenters. The fourth-order valence-electron chi connectivity index (χ4n) is 1.95. The van der Waals surface area contributed by atoms with Crippen molar-refractivity contribution in [3.63, 3.8) is 0 Å². The van der Waals surface area contributed by atoms with Gasteiger partial charge in [0.2, 0.25) is 0 Å². The maximum Gasteiger partial charge on any atom is 0.275 e. The van der Waals surface area contributed by atoms with Crippen LogP contribution < -0.4 is 0 Å². The van der Waals surface area contributed by atoms with Crippen LogP contribution in [0.25, 0.3) is 0 Å². The number of aromatic nitrogens is 4. The number of carbonyl (C=O) groups excluding carboxylic acids is 2. The zero-order chi connectivity index (χ0) is 13.9. The molecule has 0 N–H and O–H groups in total. The van der Waals surface area contributed by atoms with Gasteiger partial charge in [-0.25, -0.2) is 0 Å². The first-order valence-corrected chi connectivity index (χ1v) is 7.35. The van der Waals surface area contributed by atoms with Crippen LogP contribution in [0.3, 0.4) is 0 Å². The molecule has 1 aliphatic rings. The average molecular weight is 310 g/mol. The van der Waals surface area contributed by atoms with Crippen molar-refractivity contribution in [3.05, 3.63) is 23.8 Å². The van der Waals surface area contributed by atoms with Gasteiger partial charge in [-0.3, -0.25) is 9.59 Å². The third kappa shape index (κ3) is 2.51. The van der Waals surface area contributed by atoms with E-state index in [0.717, 1.165) is 23.5 Å². The summed E-state index contributed by atoms with van der Waals surface area (Å²) in [5, 5.41) is 0. The van der Waals surface area contributed by atoms with Crippen molar-refractivity contribution in [2.75, 3.05) is 26.2 Å². The molecule has 3 rings (SSSR count). The van der Waals surface area contributed by atoms with E-state index in [4.69, 9.17) is 0 Å². The summed E-state index contributed by atoms with van der Waals surface area (Å²) in [4.78, 5) is 27.5. The van der Waals surface area contributed by atoms with E-state index in [2.05, 4.69) is 17.5 Å². The van der Waals surface area contributed by atoms with Gasteiger partial charge in [0.1, 0.15) is 0 Å². The smallest absolute Gasteiger partial charge is 0.275 e. The van der Waals surface area contributed by atoms with E-state index < -0.39 is 0 Å². The number of nitrogens with zero attached hydrogens (tertiary/aromatic N) is 6. The van der Waals surface area contributed by atoms with Crippen molar-refractivity contribution >= 4 is 35.3 Å². The fourth-order valence-corrected chi connectivity index (χ4v) is 2.77. The fraction of sp³-hybridized carbons (Fsp3) is 0.400. The lowest BCUT2D eigenvalue weighted by atomic mass is 10.2. The van der Waals surface area contributed by atoms with Crippen LogP contribution in [-0.2, 0) is 0 Å². The number of piperazine rings is 1. The quantitative estimate of drug-likeness (QED) is 0.774. The minimum Gasteiger partial charge on any atom is -0.334 e. The maximum atomic E-state index is 12.1. The molecule has 8 nitrogen and oxygen atoms in total. The van der Waals surface area contributed by atoms with Crippen molar-refractivity contribution < 1.29 is 9.59 Å². The van der Waals surface area contributed by atoms with Crippen LogP contribution in [0.2, 0.25) is 0 Å². The Bertz CT molecular complexity index is 537. The van der Waals surface area contributed by atoms with Crippen LogP contribution in [0.4, 0.5) is 0 Å². The van der Waals surface area contributed by atoms with Crippen LogP contribution in [0, 0.1) is 0 Å². The third-order valence-electron chi connectivity index (χ3n) is 3.01. The SMILES string of the molecule is O=C(c1cnsn1)N1CCN(C(=O)c2cnsn2)CC1. The van der Waals surface area contributed by atoms with E-state index in [1.165, 1.54) is 12.4 Å². The monoisotopic (exact) mass is 310 g/mol. The molecule has 0 bridgehead atoms. The number of rotatable bonds is 2. The summed E-state index contributed by atoms with van der Waals surface area (Å²) in [6.45, 7) is 1.94. The molecular weight excluding hydrogens is 300 g/mol. The zero-order valence-electron chi connectivity index (χ0n) is 10.3. The maximum absolute atomic E-state index is 12.1. The molecule has 104 valence electrons. The number of hydrogen-bond acceptors (Lipinski definition) is 8. The second-order valence-electron chi connectivity index (χ2n) is 4.17. The minimum atomic E-state index is -0.138. The molecule has 1 saturated heterocycles. The van der Waals surface area contributed by atoms with Crippen molar-refractivity contribution in [3.8, 4) is 0 Å². The van der Waals surface area contributed by atoms with E-state index in [1.54, 1.807) is 9.80 Å². The minimum absolute atomic E-state index is 0.138. The predicted molar refractivity (Wildman–Crippen MR) is 71.6 cm³/mol. The van der Waals surface area contributed by atoms with Gasteiger partial charge >= 0.3 is 0 Å². The Morgan fingerprint density at radius 2 is 1.25 bits per heavy atom. The predicted octanol–water partition coefficient (Wildman–Crippen LogP) is -0.0122. The average Bonchev–Trinajstić information content (AvgIpc) is 3.18. The zero-order valence-corrected chi connectivity index (χ0v) is 11.9. The number of hydrogen-bond donors (Lipinski definition) is 0. The molecule has 1 aliphatic heterocycles. The van der Waals surface area contributed by atoms with Gasteiger partial charge in [-0.1, -0.05) is 0 Å². The Morgan fingerprint density at radius 1 is 0.850 bits per heavy atom. The van der Waals surface area contributed by atoms with Crippen molar-refractivity contribution in [1.29, 1.82) is 0 Å². The standard InChI is InChI=1S/C10H10N6O2S2/c17-9(7-5-11-19-13-7)15-1-2-16(4-3-15)10(18)8-6-12-20-14-8/h5-6H,1-4H2. The first-order valence-electron chi connectivity index (χ1n) is 5.89. The van der Waals surface area contributed by atoms with Crippen molar-refractivity contribution in [2.45, 2.75) is 0 Å². The lowest BCUT2D eigenvalue weighted by molar-refractivity contribution is 0.0530. The molecule has 2 amide bonds. The molecule has 0 radical (unpaired) electrons. The van der Waals surface area contributed by atoms with Gasteiger partial charge in [0.25, 0.3) is 11.8 Å². The largest absolute Gasteiger partial charge is 0.334 e. The van der Waals surface area contributed by atoms with Gasteiger partial charge < -0.3 is 9.80 Å². The number of carbonyl (C=O) groups is 2. The first-order chi connectivity index (χ1) is 9.75. The van der Waals surface area contributed by atoms with Gasteiger partial charge in [-0.2, -0.15) is 17.5 Å². The van der Waals surface area contributed by atoms with E-state index in [1.807, 2.05) is 0 Å². The molecule has 0 spiro atoms. The Kier molecular flexibility index (Phi) is 3.65. The van der Waals surface area contributed by atoms with Crippen LogP contribution in [-0.4, -0.2) is 65.3 Å².